The summed E-state index contributed by atoms with van der Waals surface area (Å²) < 4.78 is 4.83. The first-order valence-corrected chi connectivity index (χ1v) is 5.86. The maximum Gasteiger partial charge on any atom is 0.375 e. The Morgan fingerprint density at radius 2 is 2.28 bits per heavy atom. The number of benzene rings is 1. The number of carbonyl (C=O) groups excluding carboxylic acids is 1. The Labute approximate surface area is 109 Å². The molecule has 1 heterocycles. The molecule has 6 heteroatoms. The number of esters is 1. The van der Waals surface area contributed by atoms with Gasteiger partial charge in [-0.1, -0.05) is 23.7 Å². The van der Waals surface area contributed by atoms with Gasteiger partial charge in [0.15, 0.2) is 5.82 Å². The number of halogens is 1. The van der Waals surface area contributed by atoms with Crippen molar-refractivity contribution in [1.82, 2.24) is 15.2 Å². The van der Waals surface area contributed by atoms with Crippen molar-refractivity contribution in [1.29, 1.82) is 0 Å². The largest absolute Gasteiger partial charge is 0.460 e. The van der Waals surface area contributed by atoms with Crippen molar-refractivity contribution in [3.05, 3.63) is 34.6 Å². The summed E-state index contributed by atoms with van der Waals surface area (Å²) in [5.74, 6) is 0.000194. The Morgan fingerprint density at radius 1 is 1.50 bits per heavy atom. The van der Waals surface area contributed by atoms with Gasteiger partial charge in [-0.15, -0.1) is 0 Å². The van der Waals surface area contributed by atoms with Gasteiger partial charge < -0.3 is 4.74 Å². The van der Waals surface area contributed by atoms with Gasteiger partial charge in [-0.05, 0) is 25.5 Å². The van der Waals surface area contributed by atoms with E-state index in [1.54, 1.807) is 13.0 Å². The van der Waals surface area contributed by atoms with Gasteiger partial charge in [-0.2, -0.15) is 5.10 Å². The molecule has 0 aliphatic rings. The number of carbonyl (C=O) groups is 1. The van der Waals surface area contributed by atoms with E-state index in [0.717, 1.165) is 11.1 Å². The predicted molar refractivity (Wildman–Crippen MR) is 67.5 cm³/mol. The molecule has 0 spiro atoms. The number of H-pyrrole nitrogens is 1. The minimum absolute atomic E-state index is 0.0891. The number of ether oxygens (including phenoxy) is 1. The van der Waals surface area contributed by atoms with Crippen LogP contribution in [0.3, 0.4) is 0 Å². The molecule has 0 unspecified atom stereocenters. The standard InChI is InChI=1S/C12H12ClN3O2/c1-3-18-12(17)11-14-10(15-16-11)8-5-4-6-9(13)7(8)2/h4-6H,3H2,1-2H3,(H,14,15,16). The van der Waals surface area contributed by atoms with E-state index in [9.17, 15) is 4.79 Å². The molecule has 0 aliphatic carbocycles. The van der Waals surface area contributed by atoms with Crippen LogP contribution in [-0.4, -0.2) is 27.8 Å². The zero-order valence-corrected chi connectivity index (χ0v) is 10.8. The highest BCUT2D eigenvalue weighted by molar-refractivity contribution is 6.31. The third kappa shape index (κ3) is 2.36. The van der Waals surface area contributed by atoms with E-state index in [2.05, 4.69) is 15.2 Å². The molecular weight excluding hydrogens is 254 g/mol. The molecule has 94 valence electrons. The van der Waals surface area contributed by atoms with Crippen LogP contribution in [0.5, 0.6) is 0 Å². The van der Waals surface area contributed by atoms with Gasteiger partial charge in [-0.25, -0.2) is 9.78 Å². The lowest BCUT2D eigenvalue weighted by Gasteiger charge is -2.02. The van der Waals surface area contributed by atoms with Crippen molar-refractivity contribution in [3.8, 4) is 11.4 Å². The topological polar surface area (TPSA) is 67.9 Å². The average Bonchev–Trinajstić information content (AvgIpc) is 2.82. The second kappa shape index (κ2) is 5.18. The minimum atomic E-state index is -0.518. The van der Waals surface area contributed by atoms with Gasteiger partial charge in [0.05, 0.1) is 6.61 Å². The number of nitrogens with zero attached hydrogens (tertiary/aromatic N) is 2. The summed E-state index contributed by atoms with van der Waals surface area (Å²) in [4.78, 5) is 15.6. The summed E-state index contributed by atoms with van der Waals surface area (Å²) in [6.45, 7) is 3.90. The fourth-order valence-electron chi connectivity index (χ4n) is 1.52. The van der Waals surface area contributed by atoms with E-state index in [-0.39, 0.29) is 5.82 Å². The summed E-state index contributed by atoms with van der Waals surface area (Å²) in [5, 5.41) is 7.19. The fraction of sp³-hybridized carbons (Fsp3) is 0.250. The monoisotopic (exact) mass is 265 g/mol. The van der Waals surface area contributed by atoms with Gasteiger partial charge >= 0.3 is 5.97 Å². The molecule has 18 heavy (non-hydrogen) atoms. The first-order chi connectivity index (χ1) is 8.63. The van der Waals surface area contributed by atoms with Crippen LogP contribution in [0.25, 0.3) is 11.4 Å². The van der Waals surface area contributed by atoms with E-state index in [4.69, 9.17) is 16.3 Å². The smallest absolute Gasteiger partial charge is 0.375 e. The first kappa shape index (κ1) is 12.6. The number of aromatic nitrogens is 3. The maximum atomic E-state index is 11.5. The van der Waals surface area contributed by atoms with E-state index in [1.807, 2.05) is 19.1 Å². The van der Waals surface area contributed by atoms with Gasteiger partial charge in [0.25, 0.3) is 0 Å². The first-order valence-electron chi connectivity index (χ1n) is 5.48. The van der Waals surface area contributed by atoms with Crippen molar-refractivity contribution in [2.75, 3.05) is 6.61 Å². The third-order valence-electron chi connectivity index (χ3n) is 2.46. The molecule has 2 rings (SSSR count). The molecule has 0 fully saturated rings. The Kier molecular flexibility index (Phi) is 3.62. The van der Waals surface area contributed by atoms with Crippen molar-refractivity contribution in [2.24, 2.45) is 0 Å². The van der Waals surface area contributed by atoms with Crippen LogP contribution in [0.4, 0.5) is 0 Å². The predicted octanol–water partition coefficient (Wildman–Crippen LogP) is 2.61. The highest BCUT2D eigenvalue weighted by atomic mass is 35.5. The Balaban J connectivity index is 2.35. The van der Waals surface area contributed by atoms with Gasteiger partial charge in [-0.3, -0.25) is 5.10 Å². The highest BCUT2D eigenvalue weighted by Crippen LogP contribution is 2.25. The van der Waals surface area contributed by atoms with Crippen LogP contribution in [0.2, 0.25) is 5.02 Å². The normalized spacial score (nSPS) is 10.4. The average molecular weight is 266 g/mol. The number of hydrogen-bond acceptors (Lipinski definition) is 4. The maximum absolute atomic E-state index is 11.5. The van der Waals surface area contributed by atoms with Crippen LogP contribution in [-0.2, 0) is 4.74 Å². The lowest BCUT2D eigenvalue weighted by Crippen LogP contribution is -2.06. The minimum Gasteiger partial charge on any atom is -0.460 e. The van der Waals surface area contributed by atoms with Gasteiger partial charge in [0.2, 0.25) is 5.82 Å². The lowest BCUT2D eigenvalue weighted by atomic mass is 10.1. The summed E-state index contributed by atoms with van der Waals surface area (Å²) >= 11 is 6.03. The van der Waals surface area contributed by atoms with E-state index in [1.165, 1.54) is 0 Å². The van der Waals surface area contributed by atoms with Crippen LogP contribution in [0, 0.1) is 6.92 Å². The quantitative estimate of drug-likeness (QED) is 0.866. The van der Waals surface area contributed by atoms with Crippen LogP contribution >= 0.6 is 11.6 Å². The lowest BCUT2D eigenvalue weighted by molar-refractivity contribution is 0.0512. The number of hydrogen-bond donors (Lipinski definition) is 1. The molecule has 0 saturated carbocycles. The zero-order valence-electron chi connectivity index (χ0n) is 10.0. The molecule has 0 radical (unpaired) electrons. The van der Waals surface area contributed by atoms with Crippen LogP contribution in [0.1, 0.15) is 23.1 Å². The van der Waals surface area contributed by atoms with Crippen molar-refractivity contribution < 1.29 is 9.53 Å². The highest BCUT2D eigenvalue weighted by Gasteiger charge is 2.15. The van der Waals surface area contributed by atoms with Crippen LogP contribution < -0.4 is 0 Å². The van der Waals surface area contributed by atoms with E-state index in [0.29, 0.717) is 17.5 Å². The molecule has 1 aromatic heterocycles. The van der Waals surface area contributed by atoms with E-state index < -0.39 is 5.97 Å². The molecule has 0 amide bonds. The van der Waals surface area contributed by atoms with Gasteiger partial charge in [0.1, 0.15) is 0 Å². The molecule has 0 saturated heterocycles. The number of rotatable bonds is 3. The Morgan fingerprint density at radius 3 is 3.00 bits per heavy atom. The second-order valence-corrected chi connectivity index (χ2v) is 4.05. The Bertz CT molecular complexity index is 580. The summed E-state index contributed by atoms with van der Waals surface area (Å²) in [6.07, 6.45) is 0. The third-order valence-corrected chi connectivity index (χ3v) is 2.87. The molecule has 1 N–H and O–H groups in total. The molecule has 0 atom stereocenters. The molecule has 0 aliphatic heterocycles. The molecule has 1 aromatic carbocycles. The summed E-state index contributed by atoms with van der Waals surface area (Å²) in [6, 6.07) is 5.45. The van der Waals surface area contributed by atoms with Crippen molar-refractivity contribution in [2.45, 2.75) is 13.8 Å². The SMILES string of the molecule is CCOC(=O)c1nc(-c2cccc(Cl)c2C)n[nH]1. The van der Waals surface area contributed by atoms with Crippen LogP contribution in [0.15, 0.2) is 18.2 Å². The molecular formula is C12H12ClN3O2. The number of nitrogens with one attached hydrogen (secondary N) is 1. The summed E-state index contributed by atoms with van der Waals surface area (Å²) in [7, 11) is 0. The molecule has 0 bridgehead atoms. The van der Waals surface area contributed by atoms with E-state index >= 15 is 0 Å². The molecule has 5 nitrogen and oxygen atoms in total. The molecule has 2 aromatic rings. The zero-order chi connectivity index (χ0) is 13.1. The fourth-order valence-corrected chi connectivity index (χ4v) is 1.70. The van der Waals surface area contributed by atoms with Crippen molar-refractivity contribution in [3.63, 3.8) is 0 Å². The summed E-state index contributed by atoms with van der Waals surface area (Å²) in [5.41, 5.74) is 1.66. The van der Waals surface area contributed by atoms with Crippen molar-refractivity contribution >= 4 is 17.6 Å². The second-order valence-electron chi connectivity index (χ2n) is 3.64. The Hall–Kier alpha value is -1.88. The van der Waals surface area contributed by atoms with Gasteiger partial charge in [0, 0.05) is 10.6 Å². The number of aromatic amines is 1.